The predicted molar refractivity (Wildman–Crippen MR) is 138 cm³/mol. The molecule has 0 atom stereocenters. The van der Waals surface area contributed by atoms with E-state index < -0.39 is 15.8 Å². The van der Waals surface area contributed by atoms with Gasteiger partial charge in [0.2, 0.25) is 10.0 Å². The van der Waals surface area contributed by atoms with E-state index in [-0.39, 0.29) is 11.4 Å². The number of aromatic amines is 1. The summed E-state index contributed by atoms with van der Waals surface area (Å²) in [6.45, 7) is 0.607. The molecule has 0 saturated carbocycles. The Bertz CT molecular complexity index is 1760. The monoisotopic (exact) mass is 530 g/mol. The summed E-state index contributed by atoms with van der Waals surface area (Å²) in [5.41, 5.74) is 7.60. The number of benzene rings is 2. The summed E-state index contributed by atoms with van der Waals surface area (Å²) >= 11 is 1.48. The lowest BCUT2D eigenvalue weighted by Crippen LogP contribution is -2.23. The van der Waals surface area contributed by atoms with Crippen molar-refractivity contribution in [3.05, 3.63) is 94.0 Å². The van der Waals surface area contributed by atoms with Crippen LogP contribution in [0.2, 0.25) is 0 Å². The fraction of sp³-hybridized carbons (Fsp3) is 0.115. The van der Waals surface area contributed by atoms with Crippen LogP contribution in [0.15, 0.2) is 71.5 Å². The Labute approximate surface area is 216 Å². The van der Waals surface area contributed by atoms with Gasteiger partial charge in [0, 0.05) is 28.5 Å². The number of aromatic nitrogens is 5. The molecular formula is C26H19FN6O2S2. The lowest BCUT2D eigenvalue weighted by Gasteiger charge is -2.05. The normalized spacial score (nSPS) is 12.1. The predicted octanol–water partition coefficient (Wildman–Crippen LogP) is 3.82. The zero-order chi connectivity index (χ0) is 25.4. The van der Waals surface area contributed by atoms with E-state index in [0.717, 1.165) is 57.1 Å². The summed E-state index contributed by atoms with van der Waals surface area (Å²) in [5.74, 6) is 5.35. The van der Waals surface area contributed by atoms with Crippen molar-refractivity contribution in [1.82, 2.24) is 29.7 Å². The number of fused-ring (bicyclic) bond motifs is 3. The summed E-state index contributed by atoms with van der Waals surface area (Å²) in [6, 6.07) is 13.0. The maximum Gasteiger partial charge on any atom is 0.241 e. The molecule has 184 valence electrons. The minimum Gasteiger partial charge on any atom is -0.277 e. The smallest absolute Gasteiger partial charge is 0.241 e. The maximum atomic E-state index is 13.0. The Hall–Kier alpha value is -4.11. The topological polar surface area (TPSA) is 106 Å². The molecule has 2 N–H and O–H groups in total. The molecule has 37 heavy (non-hydrogen) atoms. The van der Waals surface area contributed by atoms with Crippen LogP contribution in [0.1, 0.15) is 21.6 Å². The standard InChI is InChI=1S/C26H19FN6O2S2/c27-20-4-6-22(7-5-20)37(34,35)30-9-1-2-21-11-19(14-36-21)25-24-12-18-10-17(13-33-16-28-15-29-33)3-8-23(18)26(24)32-31-25/h3-8,10-11,14-16,30H,9,12-13H2,(H,31,32). The molecule has 3 heterocycles. The highest BCUT2D eigenvalue weighted by Crippen LogP contribution is 2.41. The third-order valence-electron chi connectivity index (χ3n) is 6.04. The molecule has 1 aliphatic carbocycles. The van der Waals surface area contributed by atoms with E-state index in [2.05, 4.69) is 55.0 Å². The zero-order valence-corrected chi connectivity index (χ0v) is 20.9. The minimum absolute atomic E-state index is 0.00647. The summed E-state index contributed by atoms with van der Waals surface area (Å²) in [7, 11) is -3.75. The summed E-state index contributed by atoms with van der Waals surface area (Å²) < 4.78 is 41.9. The molecule has 5 aromatic rings. The van der Waals surface area contributed by atoms with Crippen molar-refractivity contribution in [3.63, 3.8) is 0 Å². The molecule has 0 spiro atoms. The van der Waals surface area contributed by atoms with E-state index >= 15 is 0 Å². The molecule has 0 bridgehead atoms. The third-order valence-corrected chi connectivity index (χ3v) is 8.31. The van der Waals surface area contributed by atoms with Gasteiger partial charge in [0.05, 0.1) is 34.2 Å². The van der Waals surface area contributed by atoms with Gasteiger partial charge in [0.1, 0.15) is 18.5 Å². The van der Waals surface area contributed by atoms with Crippen molar-refractivity contribution in [2.75, 3.05) is 6.54 Å². The van der Waals surface area contributed by atoms with Gasteiger partial charge in [-0.25, -0.2) is 22.5 Å². The Kier molecular flexibility index (Phi) is 5.92. The van der Waals surface area contributed by atoms with E-state index in [9.17, 15) is 12.8 Å². The molecule has 0 amide bonds. The second kappa shape index (κ2) is 9.40. The first-order valence-corrected chi connectivity index (χ1v) is 13.7. The molecule has 0 saturated heterocycles. The first-order valence-electron chi connectivity index (χ1n) is 11.3. The van der Waals surface area contributed by atoms with Crippen LogP contribution >= 0.6 is 11.3 Å². The number of rotatable bonds is 6. The van der Waals surface area contributed by atoms with Crippen LogP contribution in [0.3, 0.4) is 0 Å². The highest BCUT2D eigenvalue weighted by Gasteiger charge is 2.25. The first kappa shape index (κ1) is 23.3. The van der Waals surface area contributed by atoms with Crippen molar-refractivity contribution < 1.29 is 12.8 Å². The minimum atomic E-state index is -3.75. The van der Waals surface area contributed by atoms with Gasteiger partial charge in [-0.3, -0.25) is 5.10 Å². The van der Waals surface area contributed by atoms with Crippen LogP contribution in [0, 0.1) is 17.7 Å². The van der Waals surface area contributed by atoms with Crippen LogP contribution in [0.25, 0.3) is 22.5 Å². The highest BCUT2D eigenvalue weighted by molar-refractivity contribution is 7.89. The molecule has 1 aliphatic rings. The molecule has 0 unspecified atom stereocenters. The Morgan fingerprint density at radius 3 is 2.84 bits per heavy atom. The average molecular weight is 531 g/mol. The molecule has 0 aliphatic heterocycles. The van der Waals surface area contributed by atoms with Gasteiger partial charge in [-0.2, -0.15) is 14.9 Å². The number of sulfonamides is 1. The largest absolute Gasteiger partial charge is 0.277 e. The molecule has 0 radical (unpaired) electrons. The van der Waals surface area contributed by atoms with Crippen LogP contribution in [0.5, 0.6) is 0 Å². The number of nitrogens with zero attached hydrogens (tertiary/aromatic N) is 4. The molecule has 6 rings (SSSR count). The van der Waals surface area contributed by atoms with Crippen molar-refractivity contribution >= 4 is 21.4 Å². The lowest BCUT2D eigenvalue weighted by atomic mass is 10.1. The van der Waals surface area contributed by atoms with Crippen molar-refractivity contribution in [2.24, 2.45) is 0 Å². The molecular weight excluding hydrogens is 511 g/mol. The summed E-state index contributed by atoms with van der Waals surface area (Å²) in [5, 5.41) is 13.9. The second-order valence-corrected chi connectivity index (χ2v) is 11.1. The summed E-state index contributed by atoms with van der Waals surface area (Å²) in [6.07, 6.45) is 4.01. The SMILES string of the molecule is O=S(=O)(NCC#Cc1cc(-c2n[nH]c3c2Cc2cc(Cn4cncn4)ccc2-3)cs1)c1ccc(F)cc1. The van der Waals surface area contributed by atoms with Gasteiger partial charge in [0.25, 0.3) is 0 Å². The molecule has 3 aromatic heterocycles. The number of hydrogen-bond acceptors (Lipinski definition) is 6. The van der Waals surface area contributed by atoms with E-state index in [1.54, 1.807) is 11.0 Å². The van der Waals surface area contributed by atoms with Crippen molar-refractivity contribution in [1.29, 1.82) is 0 Å². The molecule has 11 heteroatoms. The average Bonchev–Trinajstić information content (AvgIpc) is 3.67. The quantitative estimate of drug-likeness (QED) is 0.319. The van der Waals surface area contributed by atoms with E-state index in [0.29, 0.717) is 6.54 Å². The van der Waals surface area contributed by atoms with E-state index in [1.165, 1.54) is 35.4 Å². The number of hydrogen-bond donors (Lipinski definition) is 2. The molecule has 2 aromatic carbocycles. The van der Waals surface area contributed by atoms with Crippen LogP contribution in [-0.2, 0) is 23.0 Å². The third kappa shape index (κ3) is 4.70. The van der Waals surface area contributed by atoms with E-state index in [1.807, 2.05) is 11.4 Å². The fourth-order valence-corrected chi connectivity index (χ4v) is 5.99. The maximum absolute atomic E-state index is 13.0. The van der Waals surface area contributed by atoms with Crippen LogP contribution < -0.4 is 4.72 Å². The van der Waals surface area contributed by atoms with Gasteiger partial charge in [-0.15, -0.1) is 11.3 Å². The number of halogens is 1. The molecule has 0 fully saturated rings. The zero-order valence-electron chi connectivity index (χ0n) is 19.3. The van der Waals surface area contributed by atoms with Gasteiger partial charge in [-0.1, -0.05) is 30.0 Å². The number of H-pyrrole nitrogens is 1. The van der Waals surface area contributed by atoms with Crippen molar-refractivity contribution in [2.45, 2.75) is 17.9 Å². The van der Waals surface area contributed by atoms with Gasteiger partial charge < -0.3 is 0 Å². The Morgan fingerprint density at radius 2 is 2.03 bits per heavy atom. The molecule has 8 nitrogen and oxygen atoms in total. The Morgan fingerprint density at radius 1 is 1.16 bits per heavy atom. The first-order chi connectivity index (χ1) is 18.0. The summed E-state index contributed by atoms with van der Waals surface area (Å²) in [4.78, 5) is 4.80. The van der Waals surface area contributed by atoms with E-state index in [4.69, 9.17) is 0 Å². The van der Waals surface area contributed by atoms with Gasteiger partial charge in [-0.05, 0) is 41.5 Å². The Balaban J connectivity index is 1.14. The second-order valence-electron chi connectivity index (χ2n) is 8.47. The van der Waals surface area contributed by atoms with Crippen LogP contribution in [0.4, 0.5) is 4.39 Å². The number of nitrogens with one attached hydrogen (secondary N) is 2. The number of thiophene rings is 1. The van der Waals surface area contributed by atoms with Gasteiger partial charge in [0.15, 0.2) is 0 Å². The lowest BCUT2D eigenvalue weighted by molar-refractivity contribution is 0.585. The fourth-order valence-electron chi connectivity index (χ4n) is 4.31. The van der Waals surface area contributed by atoms with Crippen LogP contribution in [-0.4, -0.2) is 39.9 Å². The highest BCUT2D eigenvalue weighted by atomic mass is 32.2. The van der Waals surface area contributed by atoms with Crippen molar-refractivity contribution in [3.8, 4) is 34.4 Å². The van der Waals surface area contributed by atoms with Gasteiger partial charge >= 0.3 is 0 Å².